The van der Waals surface area contributed by atoms with E-state index in [1.807, 2.05) is 11.0 Å². The van der Waals surface area contributed by atoms with Gasteiger partial charge in [-0.25, -0.2) is 9.98 Å². The first-order valence-electron chi connectivity index (χ1n) is 5.39. The van der Waals surface area contributed by atoms with E-state index >= 15 is 0 Å². The molecule has 0 atom stereocenters. The van der Waals surface area contributed by atoms with Gasteiger partial charge < -0.3 is 10.2 Å². The van der Waals surface area contributed by atoms with E-state index in [9.17, 15) is 0 Å². The van der Waals surface area contributed by atoms with Crippen LogP contribution in [0.15, 0.2) is 28.3 Å². The highest BCUT2D eigenvalue weighted by Crippen LogP contribution is 2.14. The summed E-state index contributed by atoms with van der Waals surface area (Å²) in [6.45, 7) is 1.50. The molecule has 0 saturated carbocycles. The molecule has 1 aliphatic rings. The SMILES string of the molecule is C#CCNC1=NCN(Cc2ncccc2Cl)C=N1. The van der Waals surface area contributed by atoms with Crippen LogP contribution in [0.3, 0.4) is 0 Å². The van der Waals surface area contributed by atoms with Crippen LogP contribution in [-0.4, -0.2) is 35.4 Å². The van der Waals surface area contributed by atoms with Crippen molar-refractivity contribution in [3.8, 4) is 12.3 Å². The van der Waals surface area contributed by atoms with Gasteiger partial charge in [0.2, 0.25) is 5.96 Å². The van der Waals surface area contributed by atoms with E-state index in [0.29, 0.717) is 30.7 Å². The Kier molecular flexibility index (Phi) is 4.15. The van der Waals surface area contributed by atoms with Crippen molar-refractivity contribution in [2.75, 3.05) is 13.2 Å². The molecule has 5 nitrogen and oxygen atoms in total. The number of hydrogen-bond acceptors (Lipinski definition) is 5. The van der Waals surface area contributed by atoms with Crippen LogP contribution in [0.25, 0.3) is 0 Å². The van der Waals surface area contributed by atoms with Crippen LogP contribution in [0, 0.1) is 12.3 Å². The second-order valence-corrected chi connectivity index (χ2v) is 4.01. The summed E-state index contributed by atoms with van der Waals surface area (Å²) in [4.78, 5) is 14.5. The summed E-state index contributed by atoms with van der Waals surface area (Å²) >= 11 is 6.04. The molecule has 0 bridgehead atoms. The second-order valence-electron chi connectivity index (χ2n) is 3.60. The maximum Gasteiger partial charge on any atom is 0.221 e. The van der Waals surface area contributed by atoms with E-state index in [1.165, 1.54) is 0 Å². The van der Waals surface area contributed by atoms with Crippen LogP contribution < -0.4 is 5.32 Å². The van der Waals surface area contributed by atoms with Gasteiger partial charge in [-0.15, -0.1) is 6.42 Å². The number of pyridine rings is 1. The van der Waals surface area contributed by atoms with Crippen molar-refractivity contribution >= 4 is 23.9 Å². The summed E-state index contributed by atoms with van der Waals surface area (Å²) in [5.41, 5.74) is 0.806. The Morgan fingerprint density at radius 2 is 2.44 bits per heavy atom. The Morgan fingerprint density at radius 3 is 3.11 bits per heavy atom. The number of guanidine groups is 1. The van der Waals surface area contributed by atoms with Gasteiger partial charge >= 0.3 is 0 Å². The molecule has 0 aromatic carbocycles. The van der Waals surface area contributed by atoms with Crippen LogP contribution >= 0.6 is 11.6 Å². The van der Waals surface area contributed by atoms with Crippen LogP contribution in [0.1, 0.15) is 5.69 Å². The summed E-state index contributed by atoms with van der Waals surface area (Å²) in [5.74, 6) is 3.02. The van der Waals surface area contributed by atoms with Crippen molar-refractivity contribution in [2.45, 2.75) is 6.54 Å². The lowest BCUT2D eigenvalue weighted by Crippen LogP contribution is -2.32. The van der Waals surface area contributed by atoms with Crippen molar-refractivity contribution in [3.63, 3.8) is 0 Å². The summed E-state index contributed by atoms with van der Waals surface area (Å²) < 4.78 is 0. The zero-order valence-corrected chi connectivity index (χ0v) is 10.4. The first-order chi connectivity index (χ1) is 8.79. The predicted molar refractivity (Wildman–Crippen MR) is 72.4 cm³/mol. The minimum absolute atomic E-state index is 0.419. The normalized spacial score (nSPS) is 14.0. The van der Waals surface area contributed by atoms with Crippen LogP contribution in [0.2, 0.25) is 5.02 Å². The molecule has 0 fully saturated rings. The molecule has 0 unspecified atom stereocenters. The first kappa shape index (κ1) is 12.4. The Bertz CT molecular complexity index is 517. The molecule has 1 aromatic rings. The molecule has 2 heterocycles. The van der Waals surface area contributed by atoms with Crippen molar-refractivity contribution in [3.05, 3.63) is 29.0 Å². The molecule has 0 amide bonds. The van der Waals surface area contributed by atoms with Gasteiger partial charge in [-0.05, 0) is 12.1 Å². The molecule has 92 valence electrons. The number of aromatic nitrogens is 1. The number of halogens is 1. The fourth-order valence-electron chi connectivity index (χ4n) is 1.42. The number of aliphatic imine (C=N–C) groups is 2. The Labute approximate surface area is 111 Å². The third kappa shape index (κ3) is 3.22. The van der Waals surface area contributed by atoms with Crippen LogP contribution in [0.5, 0.6) is 0 Å². The first-order valence-corrected chi connectivity index (χ1v) is 5.77. The molecular formula is C12H12ClN5. The third-order valence-electron chi connectivity index (χ3n) is 2.28. The van der Waals surface area contributed by atoms with Crippen LogP contribution in [0.4, 0.5) is 0 Å². The highest BCUT2D eigenvalue weighted by molar-refractivity contribution is 6.31. The average molecular weight is 262 g/mol. The van der Waals surface area contributed by atoms with Crippen molar-refractivity contribution < 1.29 is 0 Å². The van der Waals surface area contributed by atoms with Crippen LogP contribution in [-0.2, 0) is 6.54 Å². The minimum atomic E-state index is 0.419. The molecule has 0 spiro atoms. The molecule has 1 N–H and O–H groups in total. The van der Waals surface area contributed by atoms with E-state index in [0.717, 1.165) is 5.69 Å². The lowest BCUT2D eigenvalue weighted by atomic mass is 10.3. The van der Waals surface area contributed by atoms with Gasteiger partial charge in [-0.1, -0.05) is 17.5 Å². The maximum absolute atomic E-state index is 6.04. The number of nitrogens with one attached hydrogen (secondary N) is 1. The topological polar surface area (TPSA) is 52.9 Å². The summed E-state index contributed by atoms with van der Waals surface area (Å²) in [5, 5.41) is 3.56. The molecule has 0 radical (unpaired) electrons. The van der Waals surface area contributed by atoms with Gasteiger partial charge in [0.15, 0.2) is 0 Å². The Morgan fingerprint density at radius 1 is 1.56 bits per heavy atom. The molecule has 1 aromatic heterocycles. The largest absolute Gasteiger partial charge is 0.344 e. The van der Waals surface area contributed by atoms with Gasteiger partial charge in [0.05, 0.1) is 30.1 Å². The number of hydrogen-bond donors (Lipinski definition) is 1. The predicted octanol–water partition coefficient (Wildman–Crippen LogP) is 1.12. The lowest BCUT2D eigenvalue weighted by Gasteiger charge is -2.20. The van der Waals surface area contributed by atoms with E-state index in [1.54, 1.807) is 18.6 Å². The summed E-state index contributed by atoms with van der Waals surface area (Å²) in [6.07, 6.45) is 8.56. The monoisotopic (exact) mass is 261 g/mol. The summed E-state index contributed by atoms with van der Waals surface area (Å²) in [7, 11) is 0. The second kappa shape index (κ2) is 6.03. The average Bonchev–Trinajstić information content (AvgIpc) is 2.41. The highest BCUT2D eigenvalue weighted by atomic mass is 35.5. The highest BCUT2D eigenvalue weighted by Gasteiger charge is 2.09. The number of terminal acetylenes is 1. The fourth-order valence-corrected chi connectivity index (χ4v) is 1.60. The molecule has 0 aliphatic carbocycles. The minimum Gasteiger partial charge on any atom is -0.344 e. The van der Waals surface area contributed by atoms with Crippen molar-refractivity contribution in [1.29, 1.82) is 0 Å². The quantitative estimate of drug-likeness (QED) is 0.830. The smallest absolute Gasteiger partial charge is 0.221 e. The number of rotatable bonds is 3. The molecule has 1 aliphatic heterocycles. The van der Waals surface area contributed by atoms with E-state index in [2.05, 4.69) is 26.2 Å². The molecule has 6 heteroatoms. The fraction of sp³-hybridized carbons (Fsp3) is 0.250. The Hall–Kier alpha value is -2.06. The van der Waals surface area contributed by atoms with E-state index in [4.69, 9.17) is 18.0 Å². The third-order valence-corrected chi connectivity index (χ3v) is 2.63. The standard InChI is InChI=1S/C12H12ClN5/c1-2-5-15-12-16-8-18(9-17-12)7-11-10(13)4-3-6-14-11/h1,3-4,6,8H,5,7,9H2,(H,15,17). The van der Waals surface area contributed by atoms with E-state index < -0.39 is 0 Å². The van der Waals surface area contributed by atoms with Gasteiger partial charge in [0.1, 0.15) is 6.67 Å². The molecule has 0 saturated heterocycles. The summed E-state index contributed by atoms with van der Waals surface area (Å²) in [6, 6.07) is 3.62. The maximum atomic E-state index is 6.04. The van der Waals surface area contributed by atoms with E-state index in [-0.39, 0.29) is 0 Å². The zero-order chi connectivity index (χ0) is 12.8. The Balaban J connectivity index is 1.92. The van der Waals surface area contributed by atoms with Gasteiger partial charge in [-0.3, -0.25) is 4.98 Å². The zero-order valence-electron chi connectivity index (χ0n) is 9.67. The molecular weight excluding hydrogens is 250 g/mol. The van der Waals surface area contributed by atoms with Gasteiger partial charge in [0, 0.05) is 6.20 Å². The van der Waals surface area contributed by atoms with Gasteiger partial charge in [-0.2, -0.15) is 0 Å². The van der Waals surface area contributed by atoms with Gasteiger partial charge in [0.25, 0.3) is 0 Å². The van der Waals surface area contributed by atoms with Crippen molar-refractivity contribution in [2.24, 2.45) is 9.98 Å². The number of nitrogens with zero attached hydrogens (tertiary/aromatic N) is 4. The molecule has 2 rings (SSSR count). The lowest BCUT2D eigenvalue weighted by molar-refractivity contribution is 0.427. The molecule has 18 heavy (non-hydrogen) atoms. The van der Waals surface area contributed by atoms with Crippen molar-refractivity contribution in [1.82, 2.24) is 15.2 Å².